The Morgan fingerprint density at radius 2 is 1.62 bits per heavy atom. The van der Waals surface area contributed by atoms with E-state index in [9.17, 15) is 13.2 Å². The van der Waals surface area contributed by atoms with E-state index in [2.05, 4.69) is 17.2 Å². The van der Waals surface area contributed by atoms with Gasteiger partial charge < -0.3 is 11.1 Å². The lowest BCUT2D eigenvalue weighted by Gasteiger charge is -2.07. The van der Waals surface area contributed by atoms with E-state index in [1.165, 1.54) is 25.7 Å². The third-order valence-corrected chi connectivity index (χ3v) is 2.99. The van der Waals surface area contributed by atoms with Crippen LogP contribution in [0.5, 0.6) is 0 Å². The average Bonchev–Trinajstić information content (AvgIpc) is 2.36. The van der Waals surface area contributed by atoms with Crippen molar-refractivity contribution in [2.75, 3.05) is 13.1 Å². The molecule has 0 aliphatic rings. The van der Waals surface area contributed by atoms with E-state index in [1.807, 2.05) is 0 Å². The van der Waals surface area contributed by atoms with Crippen molar-refractivity contribution in [1.82, 2.24) is 5.32 Å². The smallest absolute Gasteiger partial charge is 0.370 e. The molecule has 0 spiro atoms. The second-order valence-corrected chi connectivity index (χ2v) is 5.03. The summed E-state index contributed by atoms with van der Waals surface area (Å²) in [6.45, 7) is 3.32. The first-order chi connectivity index (χ1) is 9.45. The predicted molar refractivity (Wildman–Crippen MR) is 93.2 cm³/mol. The van der Waals surface area contributed by atoms with Crippen LogP contribution in [0.2, 0.25) is 0 Å². The van der Waals surface area contributed by atoms with Gasteiger partial charge in [0.05, 0.1) is 0 Å². The predicted octanol–water partition coefficient (Wildman–Crippen LogP) is 4.60. The maximum atomic E-state index is 11.9. The molecule has 0 radical (unpaired) electrons. The van der Waals surface area contributed by atoms with Gasteiger partial charge >= 0.3 is 6.18 Å². The molecule has 0 fully saturated rings. The van der Waals surface area contributed by atoms with Crippen LogP contribution < -0.4 is 11.1 Å². The van der Waals surface area contributed by atoms with Gasteiger partial charge in [-0.2, -0.15) is 13.2 Å². The fourth-order valence-electron chi connectivity index (χ4n) is 1.81. The van der Waals surface area contributed by atoms with Crippen molar-refractivity contribution in [2.24, 2.45) is 10.7 Å². The molecule has 0 aromatic heterocycles. The fraction of sp³-hybridized carbons (Fsp3) is 0.929. The second kappa shape index (κ2) is 14.7. The zero-order valence-electron chi connectivity index (χ0n) is 12.8. The lowest BCUT2D eigenvalue weighted by atomic mass is 10.1. The van der Waals surface area contributed by atoms with Gasteiger partial charge in [-0.3, -0.25) is 4.99 Å². The van der Waals surface area contributed by atoms with Gasteiger partial charge in [-0.25, -0.2) is 0 Å². The minimum Gasteiger partial charge on any atom is -0.370 e. The second-order valence-electron chi connectivity index (χ2n) is 5.03. The molecular formula is C14H29F3IN3. The van der Waals surface area contributed by atoms with Crippen molar-refractivity contribution in [3.8, 4) is 0 Å². The highest BCUT2D eigenvalue weighted by Gasteiger charge is 2.25. The number of nitrogens with two attached hydrogens (primary N) is 1. The molecule has 0 aliphatic heterocycles. The SMILES string of the molecule is CCCCCCCCN=C(N)NCCCCC(F)(F)F.I. The Kier molecular flexibility index (Phi) is 16.2. The first-order valence-corrected chi connectivity index (χ1v) is 7.56. The number of rotatable bonds is 11. The zero-order chi connectivity index (χ0) is 15.3. The van der Waals surface area contributed by atoms with Gasteiger partial charge in [0.2, 0.25) is 0 Å². The van der Waals surface area contributed by atoms with Gasteiger partial charge in [-0.1, -0.05) is 39.0 Å². The average molecular weight is 423 g/mol. The molecule has 0 unspecified atom stereocenters. The molecule has 0 bridgehead atoms. The van der Waals surface area contributed by atoms with Crippen molar-refractivity contribution in [3.63, 3.8) is 0 Å². The Morgan fingerprint density at radius 1 is 1.00 bits per heavy atom. The van der Waals surface area contributed by atoms with Crippen molar-refractivity contribution >= 4 is 29.9 Å². The molecule has 0 aromatic carbocycles. The van der Waals surface area contributed by atoms with Crippen LogP contribution in [-0.4, -0.2) is 25.2 Å². The van der Waals surface area contributed by atoms with Crippen LogP contribution in [0, 0.1) is 0 Å². The van der Waals surface area contributed by atoms with Gasteiger partial charge in [0.25, 0.3) is 0 Å². The summed E-state index contributed by atoms with van der Waals surface area (Å²) in [5, 5.41) is 2.84. The molecule has 3 nitrogen and oxygen atoms in total. The molecule has 0 saturated carbocycles. The van der Waals surface area contributed by atoms with Crippen LogP contribution in [0.3, 0.4) is 0 Å². The summed E-state index contributed by atoms with van der Waals surface area (Å²) >= 11 is 0. The Balaban J connectivity index is 0. The number of halogens is 4. The van der Waals surface area contributed by atoms with Gasteiger partial charge in [0.15, 0.2) is 5.96 Å². The molecule has 0 aliphatic carbocycles. The summed E-state index contributed by atoms with van der Waals surface area (Å²) in [7, 11) is 0. The molecule has 0 amide bonds. The van der Waals surface area contributed by atoms with E-state index in [1.54, 1.807) is 0 Å². The number of guanidine groups is 1. The summed E-state index contributed by atoms with van der Waals surface area (Å²) in [5.74, 6) is 0.338. The third-order valence-electron chi connectivity index (χ3n) is 2.99. The number of alkyl halides is 3. The van der Waals surface area contributed by atoms with Gasteiger partial charge in [0.1, 0.15) is 0 Å². The van der Waals surface area contributed by atoms with Crippen LogP contribution in [0.25, 0.3) is 0 Å². The van der Waals surface area contributed by atoms with Crippen molar-refractivity contribution in [1.29, 1.82) is 0 Å². The molecule has 7 heteroatoms. The minimum atomic E-state index is -4.06. The van der Waals surface area contributed by atoms with E-state index < -0.39 is 12.6 Å². The first-order valence-electron chi connectivity index (χ1n) is 7.56. The van der Waals surface area contributed by atoms with Crippen molar-refractivity contribution < 1.29 is 13.2 Å². The van der Waals surface area contributed by atoms with Crippen LogP contribution in [-0.2, 0) is 0 Å². The van der Waals surface area contributed by atoms with Crippen molar-refractivity contribution in [3.05, 3.63) is 0 Å². The lowest BCUT2D eigenvalue weighted by molar-refractivity contribution is -0.135. The Bertz CT molecular complexity index is 258. The van der Waals surface area contributed by atoms with E-state index in [0.717, 1.165) is 12.8 Å². The number of unbranched alkanes of at least 4 members (excludes halogenated alkanes) is 6. The summed E-state index contributed by atoms with van der Waals surface area (Å²) in [5.41, 5.74) is 5.62. The maximum Gasteiger partial charge on any atom is 0.389 e. The molecule has 0 aromatic rings. The van der Waals surface area contributed by atoms with Crippen LogP contribution in [0.4, 0.5) is 13.2 Å². The fourth-order valence-corrected chi connectivity index (χ4v) is 1.81. The Labute approximate surface area is 143 Å². The highest BCUT2D eigenvalue weighted by molar-refractivity contribution is 14.0. The van der Waals surface area contributed by atoms with Gasteiger partial charge in [-0.15, -0.1) is 24.0 Å². The zero-order valence-corrected chi connectivity index (χ0v) is 15.2. The number of aliphatic imine (C=N–C) groups is 1. The van der Waals surface area contributed by atoms with E-state index in [-0.39, 0.29) is 30.4 Å². The van der Waals surface area contributed by atoms with E-state index in [0.29, 0.717) is 25.5 Å². The maximum absolute atomic E-state index is 11.9. The molecular weight excluding hydrogens is 394 g/mol. The van der Waals surface area contributed by atoms with Gasteiger partial charge in [0, 0.05) is 19.5 Å². The minimum absolute atomic E-state index is 0. The number of hydrogen-bond acceptors (Lipinski definition) is 1. The van der Waals surface area contributed by atoms with Crippen molar-refractivity contribution in [2.45, 2.75) is 70.9 Å². The van der Waals surface area contributed by atoms with E-state index >= 15 is 0 Å². The molecule has 0 rings (SSSR count). The molecule has 3 N–H and O–H groups in total. The Morgan fingerprint density at radius 3 is 2.24 bits per heavy atom. The van der Waals surface area contributed by atoms with Gasteiger partial charge in [-0.05, 0) is 19.3 Å². The quantitative estimate of drug-likeness (QED) is 0.221. The summed E-state index contributed by atoms with van der Waals surface area (Å²) in [6, 6.07) is 0. The monoisotopic (exact) mass is 423 g/mol. The highest BCUT2D eigenvalue weighted by atomic mass is 127. The molecule has 21 heavy (non-hydrogen) atoms. The Hall–Kier alpha value is -0.210. The number of nitrogens with zero attached hydrogens (tertiary/aromatic N) is 1. The number of nitrogens with one attached hydrogen (secondary N) is 1. The topological polar surface area (TPSA) is 50.4 Å². The normalized spacial score (nSPS) is 12.1. The highest BCUT2D eigenvalue weighted by Crippen LogP contribution is 2.21. The number of hydrogen-bond donors (Lipinski definition) is 2. The molecule has 0 atom stereocenters. The van der Waals surface area contributed by atoms with E-state index in [4.69, 9.17) is 5.73 Å². The molecule has 0 saturated heterocycles. The summed E-state index contributed by atoms with van der Waals surface area (Å²) in [6.07, 6.45) is 2.98. The molecule has 0 heterocycles. The van der Waals surface area contributed by atoms with Crippen LogP contribution in [0.15, 0.2) is 4.99 Å². The standard InChI is InChI=1S/C14H28F3N3.HI/c1-2-3-4-5-6-8-11-19-13(18)20-12-9-7-10-14(15,16)17;/h2-12H2,1H3,(H3,18,19,20);1H. The third kappa shape index (κ3) is 19.8. The lowest BCUT2D eigenvalue weighted by Crippen LogP contribution is -2.32. The summed E-state index contributed by atoms with van der Waals surface area (Å²) < 4.78 is 35.7. The van der Waals surface area contributed by atoms with Crippen LogP contribution in [0.1, 0.15) is 64.7 Å². The largest absolute Gasteiger partial charge is 0.389 e. The molecule has 128 valence electrons. The summed E-state index contributed by atoms with van der Waals surface area (Å²) in [4.78, 5) is 4.15. The first kappa shape index (κ1) is 23.1. The van der Waals surface area contributed by atoms with Crippen LogP contribution >= 0.6 is 24.0 Å².